The van der Waals surface area contributed by atoms with Crippen molar-refractivity contribution in [2.45, 2.75) is 25.0 Å². The van der Waals surface area contributed by atoms with Gasteiger partial charge in [0, 0.05) is 20.2 Å². The summed E-state index contributed by atoms with van der Waals surface area (Å²) in [7, 11) is 3.17. The fourth-order valence-corrected chi connectivity index (χ4v) is 2.69. The van der Waals surface area contributed by atoms with Crippen molar-refractivity contribution in [3.05, 3.63) is 29.8 Å². The van der Waals surface area contributed by atoms with E-state index in [-0.39, 0.29) is 30.9 Å². The van der Waals surface area contributed by atoms with E-state index in [1.165, 1.54) is 7.11 Å². The molecule has 1 heterocycles. The Morgan fingerprint density at radius 1 is 1.38 bits per heavy atom. The van der Waals surface area contributed by atoms with E-state index >= 15 is 0 Å². The van der Waals surface area contributed by atoms with Crippen molar-refractivity contribution < 1.29 is 14.3 Å². The first-order valence-corrected chi connectivity index (χ1v) is 6.88. The van der Waals surface area contributed by atoms with Crippen LogP contribution in [0.1, 0.15) is 24.4 Å². The van der Waals surface area contributed by atoms with E-state index in [1.54, 1.807) is 7.11 Å². The molecule has 6 heteroatoms. The highest BCUT2D eigenvalue weighted by Gasteiger charge is 2.33. The number of hydrogen-bond acceptors (Lipinski definition) is 4. The maximum Gasteiger partial charge on any atom is 0.253 e. The molecule has 2 N–H and O–H groups in total. The van der Waals surface area contributed by atoms with Crippen LogP contribution in [0.25, 0.3) is 0 Å². The number of ether oxygens (including phenoxy) is 2. The van der Waals surface area contributed by atoms with Gasteiger partial charge in [-0.3, -0.25) is 4.79 Å². The van der Waals surface area contributed by atoms with Crippen LogP contribution >= 0.6 is 12.4 Å². The molecular formula is C15H23ClN2O3. The van der Waals surface area contributed by atoms with Gasteiger partial charge in [0.15, 0.2) is 0 Å². The Hall–Kier alpha value is -1.30. The Bertz CT molecular complexity index is 449. The van der Waals surface area contributed by atoms with Gasteiger partial charge in [-0.15, -0.1) is 12.4 Å². The molecular weight excluding hydrogens is 292 g/mol. The van der Waals surface area contributed by atoms with Crippen molar-refractivity contribution in [2.24, 2.45) is 5.73 Å². The summed E-state index contributed by atoms with van der Waals surface area (Å²) >= 11 is 0. The monoisotopic (exact) mass is 314 g/mol. The number of halogens is 1. The molecule has 1 amide bonds. The molecule has 118 valence electrons. The summed E-state index contributed by atoms with van der Waals surface area (Å²) < 4.78 is 10.3. The number of nitrogens with two attached hydrogens (primary N) is 1. The van der Waals surface area contributed by atoms with Crippen LogP contribution in [-0.2, 0) is 9.53 Å². The van der Waals surface area contributed by atoms with E-state index in [1.807, 2.05) is 29.2 Å². The Morgan fingerprint density at radius 3 is 2.57 bits per heavy atom. The van der Waals surface area contributed by atoms with Crippen LogP contribution < -0.4 is 10.5 Å². The third kappa shape index (κ3) is 3.87. The van der Waals surface area contributed by atoms with Crippen LogP contribution in [0.4, 0.5) is 0 Å². The lowest BCUT2D eigenvalue weighted by Gasteiger charge is -2.28. The van der Waals surface area contributed by atoms with Crippen molar-refractivity contribution in [1.82, 2.24) is 4.90 Å². The number of carbonyl (C=O) groups excluding carboxylic acids is 1. The predicted octanol–water partition coefficient (Wildman–Crippen LogP) is 1.75. The van der Waals surface area contributed by atoms with Crippen LogP contribution in [0.5, 0.6) is 5.75 Å². The quantitative estimate of drug-likeness (QED) is 0.899. The molecule has 1 aromatic carbocycles. The lowest BCUT2D eigenvalue weighted by atomic mass is 10.0. The molecule has 0 spiro atoms. The first-order chi connectivity index (χ1) is 9.71. The Morgan fingerprint density at radius 2 is 2.05 bits per heavy atom. The molecule has 2 unspecified atom stereocenters. The standard InChI is InChI=1S/C15H22N2O3.ClH/c1-19-12-7-5-11(6-8-12)13-4-3-9-17(13)15(18)14(10-16)20-2;/h5-8,13-14H,3-4,9-10,16H2,1-2H3;1H. The molecule has 1 aliphatic rings. The highest BCUT2D eigenvalue weighted by atomic mass is 35.5. The van der Waals surface area contributed by atoms with Gasteiger partial charge in [-0.05, 0) is 30.5 Å². The molecule has 0 saturated carbocycles. The summed E-state index contributed by atoms with van der Waals surface area (Å²) in [5, 5.41) is 0. The van der Waals surface area contributed by atoms with Gasteiger partial charge in [0.1, 0.15) is 11.9 Å². The fraction of sp³-hybridized carbons (Fsp3) is 0.533. The summed E-state index contributed by atoms with van der Waals surface area (Å²) in [5.41, 5.74) is 6.71. The molecule has 2 rings (SSSR count). The second kappa shape index (κ2) is 8.22. The molecule has 1 aliphatic heterocycles. The second-order valence-electron chi connectivity index (χ2n) is 4.92. The number of carbonyl (C=O) groups is 1. The van der Waals surface area contributed by atoms with Gasteiger partial charge >= 0.3 is 0 Å². The molecule has 2 atom stereocenters. The van der Waals surface area contributed by atoms with E-state index < -0.39 is 6.10 Å². The Balaban J connectivity index is 0.00000220. The first kappa shape index (κ1) is 17.8. The average molecular weight is 315 g/mol. The maximum atomic E-state index is 12.4. The summed E-state index contributed by atoms with van der Waals surface area (Å²) in [6, 6.07) is 7.98. The number of likely N-dealkylation sites (tertiary alicyclic amines) is 1. The SMILES string of the molecule is COc1ccc(C2CCCN2C(=O)C(CN)OC)cc1.Cl. The summed E-state index contributed by atoms with van der Waals surface area (Å²) in [6.07, 6.45) is 1.43. The summed E-state index contributed by atoms with van der Waals surface area (Å²) in [4.78, 5) is 14.3. The van der Waals surface area contributed by atoms with Gasteiger partial charge in [0.05, 0.1) is 13.2 Å². The summed E-state index contributed by atoms with van der Waals surface area (Å²) in [6.45, 7) is 0.969. The Kier molecular flexibility index (Phi) is 6.95. The zero-order valence-electron chi connectivity index (χ0n) is 12.5. The van der Waals surface area contributed by atoms with Gasteiger partial charge in [-0.25, -0.2) is 0 Å². The molecule has 0 bridgehead atoms. The molecule has 0 radical (unpaired) electrons. The van der Waals surface area contributed by atoms with Crippen molar-refractivity contribution in [3.63, 3.8) is 0 Å². The van der Waals surface area contributed by atoms with E-state index in [2.05, 4.69) is 0 Å². The molecule has 0 aliphatic carbocycles. The minimum absolute atomic E-state index is 0. The van der Waals surface area contributed by atoms with Gasteiger partial charge in [0.2, 0.25) is 0 Å². The maximum absolute atomic E-state index is 12.4. The van der Waals surface area contributed by atoms with E-state index in [4.69, 9.17) is 15.2 Å². The van der Waals surface area contributed by atoms with Crippen LogP contribution in [0.2, 0.25) is 0 Å². The topological polar surface area (TPSA) is 64.8 Å². The third-order valence-corrected chi connectivity index (χ3v) is 3.81. The van der Waals surface area contributed by atoms with Gasteiger partial charge < -0.3 is 20.1 Å². The van der Waals surface area contributed by atoms with Crippen molar-refractivity contribution in [1.29, 1.82) is 0 Å². The molecule has 0 aromatic heterocycles. The predicted molar refractivity (Wildman–Crippen MR) is 83.8 cm³/mol. The van der Waals surface area contributed by atoms with Crippen molar-refractivity contribution in [3.8, 4) is 5.75 Å². The number of amides is 1. The van der Waals surface area contributed by atoms with Crippen LogP contribution in [0.15, 0.2) is 24.3 Å². The smallest absolute Gasteiger partial charge is 0.253 e. The number of nitrogens with zero attached hydrogens (tertiary/aromatic N) is 1. The van der Waals surface area contributed by atoms with Gasteiger partial charge in [0.25, 0.3) is 5.91 Å². The number of hydrogen-bond donors (Lipinski definition) is 1. The Labute approximate surface area is 131 Å². The minimum atomic E-state index is -0.547. The lowest BCUT2D eigenvalue weighted by molar-refractivity contribution is -0.142. The third-order valence-electron chi connectivity index (χ3n) is 3.81. The number of benzene rings is 1. The lowest BCUT2D eigenvalue weighted by Crippen LogP contribution is -2.43. The van der Waals surface area contributed by atoms with E-state index in [9.17, 15) is 4.79 Å². The highest BCUT2D eigenvalue weighted by Crippen LogP contribution is 2.33. The van der Waals surface area contributed by atoms with Gasteiger partial charge in [-0.2, -0.15) is 0 Å². The van der Waals surface area contributed by atoms with Gasteiger partial charge in [-0.1, -0.05) is 12.1 Å². The second-order valence-corrected chi connectivity index (χ2v) is 4.92. The van der Waals surface area contributed by atoms with Crippen LogP contribution in [-0.4, -0.2) is 44.2 Å². The van der Waals surface area contributed by atoms with E-state index in [0.717, 1.165) is 30.7 Å². The zero-order valence-corrected chi connectivity index (χ0v) is 13.3. The molecule has 1 aromatic rings. The van der Waals surface area contributed by atoms with Crippen molar-refractivity contribution >= 4 is 18.3 Å². The van der Waals surface area contributed by atoms with Crippen LogP contribution in [0, 0.1) is 0 Å². The highest BCUT2D eigenvalue weighted by molar-refractivity contribution is 5.85. The minimum Gasteiger partial charge on any atom is -0.497 e. The molecule has 21 heavy (non-hydrogen) atoms. The first-order valence-electron chi connectivity index (χ1n) is 6.88. The fourth-order valence-electron chi connectivity index (χ4n) is 2.69. The zero-order chi connectivity index (χ0) is 14.5. The number of methoxy groups -OCH3 is 2. The van der Waals surface area contributed by atoms with Crippen LogP contribution in [0.3, 0.4) is 0 Å². The largest absolute Gasteiger partial charge is 0.497 e. The normalized spacial score (nSPS) is 19.0. The van der Waals surface area contributed by atoms with Crippen molar-refractivity contribution in [2.75, 3.05) is 27.3 Å². The summed E-state index contributed by atoms with van der Waals surface area (Å²) in [5.74, 6) is 0.801. The molecule has 5 nitrogen and oxygen atoms in total. The average Bonchev–Trinajstić information content (AvgIpc) is 2.98. The number of rotatable bonds is 5. The molecule has 1 fully saturated rings. The van der Waals surface area contributed by atoms with E-state index in [0.29, 0.717) is 0 Å². The molecule has 1 saturated heterocycles.